The van der Waals surface area contributed by atoms with Crippen LogP contribution in [0.25, 0.3) is 0 Å². The zero-order valence-electron chi connectivity index (χ0n) is 24.2. The van der Waals surface area contributed by atoms with Gasteiger partial charge in [0.1, 0.15) is 0 Å². The molecule has 1 aromatic carbocycles. The number of nitrogens with zero attached hydrogens (tertiary/aromatic N) is 3. The average molecular weight is 508 g/mol. The molecule has 3 aliphatic rings. The van der Waals surface area contributed by atoms with Crippen LogP contribution in [0.15, 0.2) is 53.6 Å². The van der Waals surface area contributed by atoms with Crippen LogP contribution in [-0.4, -0.2) is 67.3 Å². The molecule has 0 aliphatic carbocycles. The molecule has 0 radical (unpaired) electrons. The second-order valence-electron chi connectivity index (χ2n) is 11.4. The minimum absolute atomic E-state index is 0.132. The highest BCUT2D eigenvalue weighted by molar-refractivity contribution is 5.30. The SMILES string of the molecule is CCN1CN2CC/C=C(/OC)CC/C=C(/OC)CC(C)/C=C\2C12CCN(Cc1cc(C)cc(C)c1)CC2. The Labute approximate surface area is 225 Å². The van der Waals surface area contributed by atoms with Gasteiger partial charge in [0.25, 0.3) is 0 Å². The Morgan fingerprint density at radius 2 is 1.59 bits per heavy atom. The third-order valence-corrected chi connectivity index (χ3v) is 8.54. The highest BCUT2D eigenvalue weighted by atomic mass is 16.5. The first-order valence-electron chi connectivity index (χ1n) is 14.3. The Morgan fingerprint density at radius 1 is 0.919 bits per heavy atom. The molecule has 3 aliphatic heterocycles. The van der Waals surface area contributed by atoms with Gasteiger partial charge in [0, 0.05) is 44.7 Å². The highest BCUT2D eigenvalue weighted by Gasteiger charge is 2.49. The monoisotopic (exact) mass is 507 g/mol. The minimum Gasteiger partial charge on any atom is -0.501 e. The lowest BCUT2D eigenvalue weighted by Gasteiger charge is -2.45. The van der Waals surface area contributed by atoms with Crippen molar-refractivity contribution in [1.29, 1.82) is 0 Å². The molecule has 1 atom stereocenters. The number of hydrogen-bond acceptors (Lipinski definition) is 5. The summed E-state index contributed by atoms with van der Waals surface area (Å²) in [7, 11) is 3.61. The molecule has 1 spiro atoms. The van der Waals surface area contributed by atoms with Gasteiger partial charge < -0.3 is 14.4 Å². The zero-order valence-corrected chi connectivity index (χ0v) is 24.2. The fraction of sp³-hybridized carbons (Fsp3) is 0.625. The topological polar surface area (TPSA) is 28.2 Å². The van der Waals surface area contributed by atoms with Gasteiger partial charge in [-0.05, 0) is 69.7 Å². The van der Waals surface area contributed by atoms with E-state index in [4.69, 9.17) is 9.47 Å². The van der Waals surface area contributed by atoms with Gasteiger partial charge in [-0.3, -0.25) is 9.80 Å². The Morgan fingerprint density at radius 3 is 2.24 bits per heavy atom. The van der Waals surface area contributed by atoms with Gasteiger partial charge in [0.15, 0.2) is 0 Å². The molecule has 0 aromatic heterocycles. The maximum Gasteiger partial charge on any atom is 0.0921 e. The predicted octanol–water partition coefficient (Wildman–Crippen LogP) is 6.39. The van der Waals surface area contributed by atoms with E-state index in [-0.39, 0.29) is 5.54 Å². The predicted molar refractivity (Wildman–Crippen MR) is 153 cm³/mol. The van der Waals surface area contributed by atoms with Crippen molar-refractivity contribution in [2.75, 3.05) is 47.1 Å². The van der Waals surface area contributed by atoms with Gasteiger partial charge in [-0.1, -0.05) is 49.2 Å². The van der Waals surface area contributed by atoms with Crippen LogP contribution in [0.3, 0.4) is 0 Å². The molecular weight excluding hydrogens is 458 g/mol. The summed E-state index contributed by atoms with van der Waals surface area (Å²) in [6.07, 6.45) is 13.4. The molecule has 1 aromatic rings. The average Bonchev–Trinajstić information content (AvgIpc) is 3.14. The first-order chi connectivity index (χ1) is 17.9. The van der Waals surface area contributed by atoms with Crippen molar-refractivity contribution < 1.29 is 9.47 Å². The summed E-state index contributed by atoms with van der Waals surface area (Å²) in [5, 5.41) is 0. The summed E-state index contributed by atoms with van der Waals surface area (Å²) >= 11 is 0. The summed E-state index contributed by atoms with van der Waals surface area (Å²) < 4.78 is 11.5. The van der Waals surface area contributed by atoms with Gasteiger partial charge >= 0.3 is 0 Å². The van der Waals surface area contributed by atoms with E-state index < -0.39 is 0 Å². The van der Waals surface area contributed by atoms with E-state index in [0.717, 1.165) is 76.6 Å². The van der Waals surface area contributed by atoms with E-state index >= 15 is 0 Å². The van der Waals surface area contributed by atoms with Crippen LogP contribution in [0.1, 0.15) is 69.1 Å². The number of ether oxygens (including phenoxy) is 2. The van der Waals surface area contributed by atoms with Crippen molar-refractivity contribution in [2.24, 2.45) is 5.92 Å². The van der Waals surface area contributed by atoms with Crippen LogP contribution in [0.5, 0.6) is 0 Å². The van der Waals surface area contributed by atoms with Gasteiger partial charge in [-0.25, -0.2) is 0 Å². The number of hydrogen-bond donors (Lipinski definition) is 0. The normalized spacial score (nSPS) is 28.0. The van der Waals surface area contributed by atoms with Crippen molar-refractivity contribution in [3.8, 4) is 0 Å². The minimum atomic E-state index is 0.132. The number of fused-ring (bicyclic) bond motifs is 2. The Bertz CT molecular complexity index is 983. The maximum absolute atomic E-state index is 5.78. The van der Waals surface area contributed by atoms with Crippen molar-refractivity contribution in [3.05, 3.63) is 70.3 Å². The van der Waals surface area contributed by atoms with E-state index in [1.807, 2.05) is 7.11 Å². The summed E-state index contributed by atoms with van der Waals surface area (Å²) in [6.45, 7) is 15.6. The molecular formula is C32H49N3O2. The van der Waals surface area contributed by atoms with Crippen molar-refractivity contribution >= 4 is 0 Å². The van der Waals surface area contributed by atoms with Gasteiger partial charge in [0.05, 0.1) is 37.9 Å². The number of methoxy groups -OCH3 is 2. The number of rotatable bonds is 5. The summed E-state index contributed by atoms with van der Waals surface area (Å²) in [5.74, 6) is 2.61. The van der Waals surface area contributed by atoms with Crippen LogP contribution in [0, 0.1) is 19.8 Å². The molecule has 5 nitrogen and oxygen atoms in total. The van der Waals surface area contributed by atoms with Crippen LogP contribution >= 0.6 is 0 Å². The molecule has 3 heterocycles. The summed E-state index contributed by atoms with van der Waals surface area (Å²) in [4.78, 5) is 8.08. The first kappa shape index (κ1) is 27.8. The fourth-order valence-electron chi connectivity index (χ4n) is 6.74. The molecule has 4 rings (SSSR count). The number of allylic oxidation sites excluding steroid dienone is 4. The Balaban J connectivity index is 1.58. The van der Waals surface area contributed by atoms with E-state index in [2.05, 4.69) is 78.8 Å². The van der Waals surface area contributed by atoms with Crippen LogP contribution < -0.4 is 0 Å². The van der Waals surface area contributed by atoms with Crippen molar-refractivity contribution in [3.63, 3.8) is 0 Å². The molecule has 5 heteroatoms. The number of likely N-dealkylation sites (tertiary alicyclic amines) is 1. The van der Waals surface area contributed by atoms with Crippen molar-refractivity contribution in [2.45, 2.75) is 78.3 Å². The molecule has 1 unspecified atom stereocenters. The molecule has 0 bridgehead atoms. The molecule has 2 fully saturated rings. The number of aryl methyl sites for hydroxylation is 2. The zero-order chi connectivity index (χ0) is 26.4. The highest BCUT2D eigenvalue weighted by Crippen LogP contribution is 2.44. The molecule has 2 saturated heterocycles. The summed E-state index contributed by atoms with van der Waals surface area (Å²) in [5.41, 5.74) is 5.86. The van der Waals surface area contributed by atoms with Crippen LogP contribution in [-0.2, 0) is 16.0 Å². The third kappa shape index (κ3) is 6.61. The van der Waals surface area contributed by atoms with E-state index in [1.54, 1.807) is 12.8 Å². The number of piperidine rings is 1. The maximum atomic E-state index is 5.78. The fourth-order valence-corrected chi connectivity index (χ4v) is 6.74. The Kier molecular flexibility index (Phi) is 9.41. The summed E-state index contributed by atoms with van der Waals surface area (Å²) in [6, 6.07) is 6.99. The molecule has 0 N–H and O–H groups in total. The van der Waals surface area contributed by atoms with Gasteiger partial charge in [0.2, 0.25) is 0 Å². The second-order valence-corrected chi connectivity index (χ2v) is 11.4. The quantitative estimate of drug-likeness (QED) is 0.461. The Hall–Kier alpha value is -2.24. The third-order valence-electron chi connectivity index (χ3n) is 8.54. The smallest absolute Gasteiger partial charge is 0.0921 e. The number of likely N-dealkylation sites (N-methyl/N-ethyl adjacent to an activating group) is 1. The number of benzene rings is 1. The molecule has 0 amide bonds. The van der Waals surface area contributed by atoms with Crippen LogP contribution in [0.2, 0.25) is 0 Å². The lowest BCUT2D eigenvalue weighted by molar-refractivity contribution is 0.0720. The molecule has 204 valence electrons. The van der Waals surface area contributed by atoms with Crippen molar-refractivity contribution in [1.82, 2.24) is 14.7 Å². The second kappa shape index (κ2) is 12.5. The molecule has 37 heavy (non-hydrogen) atoms. The first-order valence-corrected chi connectivity index (χ1v) is 14.3. The lowest BCUT2D eigenvalue weighted by atomic mass is 9.82. The van der Waals surface area contributed by atoms with Gasteiger partial charge in [-0.2, -0.15) is 0 Å². The lowest BCUT2D eigenvalue weighted by Crippen LogP contribution is -2.52. The van der Waals surface area contributed by atoms with E-state index in [0.29, 0.717) is 5.92 Å². The van der Waals surface area contributed by atoms with E-state index in [9.17, 15) is 0 Å². The molecule has 0 saturated carbocycles. The largest absolute Gasteiger partial charge is 0.501 e. The van der Waals surface area contributed by atoms with Gasteiger partial charge in [-0.15, -0.1) is 0 Å². The standard InChI is InChI=1S/C32H49N3O2/c1-7-35-24-34-15-9-12-29(36-5)10-8-11-30(37-6)21-27(4)22-31(34)32(35)13-16-33(17-14-32)23-28-19-25(2)18-26(3)20-28/h11-12,18-20,22,27H,7-10,13-17,21,23-24H2,1-6H3/b29-12+,30-11+,31-22-. The van der Waals surface area contributed by atoms with Crippen LogP contribution in [0.4, 0.5) is 0 Å². The van der Waals surface area contributed by atoms with E-state index in [1.165, 1.54) is 29.5 Å².